The van der Waals surface area contributed by atoms with E-state index in [1.807, 2.05) is 31.2 Å². The SMILES string of the molecule is Cc1cccc(CCl)c1OCc1cc(F)cc(C#N)c1. The Labute approximate surface area is 122 Å². The van der Waals surface area contributed by atoms with Crippen molar-refractivity contribution in [3.63, 3.8) is 0 Å². The zero-order chi connectivity index (χ0) is 14.5. The van der Waals surface area contributed by atoms with Crippen LogP contribution in [0.1, 0.15) is 22.3 Å². The highest BCUT2D eigenvalue weighted by atomic mass is 35.5. The molecular weight excluding hydrogens is 277 g/mol. The molecular formula is C16H13ClFNO. The lowest BCUT2D eigenvalue weighted by Gasteiger charge is -2.13. The fourth-order valence-corrected chi connectivity index (χ4v) is 2.19. The highest BCUT2D eigenvalue weighted by Crippen LogP contribution is 2.26. The molecule has 0 saturated heterocycles. The highest BCUT2D eigenvalue weighted by Gasteiger charge is 2.07. The maximum absolute atomic E-state index is 13.3. The molecule has 20 heavy (non-hydrogen) atoms. The molecule has 0 aliphatic rings. The van der Waals surface area contributed by atoms with E-state index in [1.54, 1.807) is 6.07 Å². The Morgan fingerprint density at radius 1 is 1.30 bits per heavy atom. The Morgan fingerprint density at radius 3 is 2.80 bits per heavy atom. The van der Waals surface area contributed by atoms with Gasteiger partial charge in [0.1, 0.15) is 18.2 Å². The number of hydrogen-bond acceptors (Lipinski definition) is 2. The van der Waals surface area contributed by atoms with Gasteiger partial charge in [-0.2, -0.15) is 5.26 Å². The third kappa shape index (κ3) is 3.28. The minimum absolute atomic E-state index is 0.196. The molecule has 0 radical (unpaired) electrons. The molecule has 2 aromatic carbocycles. The van der Waals surface area contributed by atoms with Crippen LogP contribution in [0.4, 0.5) is 4.39 Å². The second-order valence-electron chi connectivity index (χ2n) is 4.45. The molecule has 102 valence electrons. The van der Waals surface area contributed by atoms with E-state index in [1.165, 1.54) is 12.1 Å². The molecule has 0 fully saturated rings. The first kappa shape index (κ1) is 14.4. The lowest BCUT2D eigenvalue weighted by molar-refractivity contribution is 0.301. The molecule has 0 bridgehead atoms. The predicted octanol–water partition coefficient (Wildman–Crippen LogP) is 4.32. The largest absolute Gasteiger partial charge is 0.488 e. The fourth-order valence-electron chi connectivity index (χ4n) is 1.98. The monoisotopic (exact) mass is 289 g/mol. The number of nitrogens with zero attached hydrogens (tertiary/aromatic N) is 1. The third-order valence-electron chi connectivity index (χ3n) is 2.91. The lowest BCUT2D eigenvalue weighted by atomic mass is 10.1. The number of aryl methyl sites for hydroxylation is 1. The van der Waals surface area contributed by atoms with E-state index < -0.39 is 5.82 Å². The van der Waals surface area contributed by atoms with Crippen LogP contribution in [0.5, 0.6) is 5.75 Å². The van der Waals surface area contributed by atoms with Gasteiger partial charge < -0.3 is 4.74 Å². The molecule has 0 aliphatic heterocycles. The number of rotatable bonds is 4. The molecule has 0 aliphatic carbocycles. The van der Waals surface area contributed by atoms with Crippen molar-refractivity contribution in [2.45, 2.75) is 19.4 Å². The van der Waals surface area contributed by atoms with E-state index in [4.69, 9.17) is 21.6 Å². The van der Waals surface area contributed by atoms with Crippen LogP contribution in [0, 0.1) is 24.1 Å². The summed E-state index contributed by atoms with van der Waals surface area (Å²) < 4.78 is 19.1. The standard InChI is InChI=1S/C16H13ClFNO/c1-11-3-2-4-14(8-17)16(11)20-10-13-5-12(9-19)6-15(18)7-13/h2-7H,8,10H2,1H3. The second-order valence-corrected chi connectivity index (χ2v) is 4.71. The summed E-state index contributed by atoms with van der Waals surface area (Å²) in [5, 5.41) is 8.82. The predicted molar refractivity (Wildman–Crippen MR) is 76.2 cm³/mol. The van der Waals surface area contributed by atoms with Crippen molar-refractivity contribution in [2.24, 2.45) is 0 Å². The van der Waals surface area contributed by atoms with Gasteiger partial charge in [0.2, 0.25) is 0 Å². The van der Waals surface area contributed by atoms with Crippen molar-refractivity contribution in [1.29, 1.82) is 5.26 Å². The normalized spacial score (nSPS) is 10.1. The zero-order valence-electron chi connectivity index (χ0n) is 11.0. The van der Waals surface area contributed by atoms with E-state index in [0.717, 1.165) is 11.1 Å². The van der Waals surface area contributed by atoms with E-state index in [9.17, 15) is 4.39 Å². The zero-order valence-corrected chi connectivity index (χ0v) is 11.7. The van der Waals surface area contributed by atoms with Gasteiger partial charge in [0, 0.05) is 5.56 Å². The average molecular weight is 290 g/mol. The Kier molecular flexibility index (Phi) is 4.60. The molecule has 0 atom stereocenters. The van der Waals surface area contributed by atoms with Crippen LogP contribution in [-0.4, -0.2) is 0 Å². The number of nitriles is 1. The number of halogens is 2. The van der Waals surface area contributed by atoms with Crippen molar-refractivity contribution in [3.05, 3.63) is 64.5 Å². The van der Waals surface area contributed by atoms with Gasteiger partial charge in [-0.25, -0.2) is 4.39 Å². The van der Waals surface area contributed by atoms with E-state index in [-0.39, 0.29) is 12.2 Å². The van der Waals surface area contributed by atoms with Crippen LogP contribution in [0.15, 0.2) is 36.4 Å². The van der Waals surface area contributed by atoms with Gasteiger partial charge in [-0.05, 0) is 36.2 Å². The van der Waals surface area contributed by atoms with Gasteiger partial charge in [0.05, 0.1) is 17.5 Å². The molecule has 0 N–H and O–H groups in total. The Morgan fingerprint density at radius 2 is 2.10 bits per heavy atom. The third-order valence-corrected chi connectivity index (χ3v) is 3.20. The molecule has 0 heterocycles. The van der Waals surface area contributed by atoms with Crippen molar-refractivity contribution >= 4 is 11.6 Å². The maximum atomic E-state index is 13.3. The van der Waals surface area contributed by atoms with Gasteiger partial charge in [-0.15, -0.1) is 11.6 Å². The molecule has 2 nitrogen and oxygen atoms in total. The first-order valence-corrected chi connectivity index (χ1v) is 6.64. The summed E-state index contributed by atoms with van der Waals surface area (Å²) in [5.74, 6) is 0.624. The lowest BCUT2D eigenvalue weighted by Crippen LogP contribution is -2.01. The second kappa shape index (κ2) is 6.40. The summed E-state index contributed by atoms with van der Waals surface area (Å²) in [6, 6.07) is 11.8. The summed E-state index contributed by atoms with van der Waals surface area (Å²) in [6.45, 7) is 2.12. The molecule has 0 spiro atoms. The number of para-hydroxylation sites is 1. The van der Waals surface area contributed by atoms with Crippen LogP contribution in [0.25, 0.3) is 0 Å². The maximum Gasteiger partial charge on any atom is 0.127 e. The van der Waals surface area contributed by atoms with Gasteiger partial charge in [0.25, 0.3) is 0 Å². The molecule has 2 rings (SSSR count). The van der Waals surface area contributed by atoms with Crippen LogP contribution in [0.2, 0.25) is 0 Å². The van der Waals surface area contributed by atoms with Crippen LogP contribution in [0.3, 0.4) is 0 Å². The molecule has 0 unspecified atom stereocenters. The van der Waals surface area contributed by atoms with Gasteiger partial charge in [0.15, 0.2) is 0 Å². The summed E-state index contributed by atoms with van der Waals surface area (Å²) >= 11 is 5.88. The topological polar surface area (TPSA) is 33.0 Å². The van der Waals surface area contributed by atoms with E-state index in [2.05, 4.69) is 0 Å². The summed E-state index contributed by atoms with van der Waals surface area (Å²) in [5.41, 5.74) is 2.76. The average Bonchev–Trinajstić information content (AvgIpc) is 2.45. The minimum atomic E-state index is -0.440. The Bertz CT molecular complexity index is 664. The van der Waals surface area contributed by atoms with E-state index in [0.29, 0.717) is 17.2 Å². The van der Waals surface area contributed by atoms with Crippen molar-refractivity contribution < 1.29 is 9.13 Å². The molecule has 2 aromatic rings. The van der Waals surface area contributed by atoms with Gasteiger partial charge in [-0.3, -0.25) is 0 Å². The number of ether oxygens (including phenoxy) is 1. The summed E-state index contributed by atoms with van der Waals surface area (Å²) in [7, 11) is 0. The van der Waals surface area contributed by atoms with Crippen molar-refractivity contribution in [2.75, 3.05) is 0 Å². The Balaban J connectivity index is 2.21. The highest BCUT2D eigenvalue weighted by molar-refractivity contribution is 6.17. The Hall–Kier alpha value is -2.05. The fraction of sp³-hybridized carbons (Fsp3) is 0.188. The van der Waals surface area contributed by atoms with Crippen LogP contribution in [-0.2, 0) is 12.5 Å². The molecule has 0 amide bonds. The summed E-state index contributed by atoms with van der Waals surface area (Å²) in [6.07, 6.45) is 0. The van der Waals surface area contributed by atoms with E-state index >= 15 is 0 Å². The summed E-state index contributed by atoms with van der Waals surface area (Å²) in [4.78, 5) is 0. The van der Waals surface area contributed by atoms with Crippen molar-refractivity contribution in [1.82, 2.24) is 0 Å². The van der Waals surface area contributed by atoms with Gasteiger partial charge >= 0.3 is 0 Å². The molecule has 4 heteroatoms. The minimum Gasteiger partial charge on any atom is -0.488 e. The van der Waals surface area contributed by atoms with Crippen LogP contribution < -0.4 is 4.74 Å². The quantitative estimate of drug-likeness (QED) is 0.785. The number of alkyl halides is 1. The molecule has 0 saturated carbocycles. The smallest absolute Gasteiger partial charge is 0.127 e. The molecule has 0 aromatic heterocycles. The number of benzene rings is 2. The first-order chi connectivity index (χ1) is 9.63. The van der Waals surface area contributed by atoms with Crippen molar-refractivity contribution in [3.8, 4) is 11.8 Å². The number of hydrogen-bond donors (Lipinski definition) is 0. The van der Waals surface area contributed by atoms with Crippen LogP contribution >= 0.6 is 11.6 Å². The van der Waals surface area contributed by atoms with Gasteiger partial charge in [-0.1, -0.05) is 18.2 Å². The first-order valence-electron chi connectivity index (χ1n) is 6.11.